The molecule has 2 heterocycles. The number of halogens is 2. The van der Waals surface area contributed by atoms with E-state index in [0.29, 0.717) is 46.5 Å². The van der Waals surface area contributed by atoms with Crippen molar-refractivity contribution in [2.45, 2.75) is 25.9 Å². The third-order valence-electron chi connectivity index (χ3n) is 6.81. The number of benzene rings is 2. The zero-order valence-corrected chi connectivity index (χ0v) is 20.3. The van der Waals surface area contributed by atoms with Gasteiger partial charge in [-0.1, -0.05) is 6.07 Å². The highest BCUT2D eigenvalue weighted by Crippen LogP contribution is 2.48. The van der Waals surface area contributed by atoms with Gasteiger partial charge in [-0.2, -0.15) is 9.78 Å². The monoisotopic (exact) mass is 507 g/mol. The minimum atomic E-state index is -0.982. The normalized spacial score (nSPS) is 20.1. The number of carbonyl (C=O) groups is 1. The molecule has 5 N–H and O–H groups in total. The van der Waals surface area contributed by atoms with Gasteiger partial charge >= 0.3 is 0 Å². The van der Waals surface area contributed by atoms with Crippen molar-refractivity contribution in [1.29, 1.82) is 5.41 Å². The maximum absolute atomic E-state index is 14.3. The lowest BCUT2D eigenvalue weighted by Gasteiger charge is -2.28. The van der Waals surface area contributed by atoms with Crippen molar-refractivity contribution in [2.75, 3.05) is 28.6 Å². The van der Waals surface area contributed by atoms with E-state index in [9.17, 15) is 18.4 Å². The van der Waals surface area contributed by atoms with Crippen molar-refractivity contribution in [1.82, 2.24) is 9.78 Å². The molecule has 2 fully saturated rings. The summed E-state index contributed by atoms with van der Waals surface area (Å²) in [5.41, 5.74) is 6.97. The number of nitrogens with one attached hydrogen (secondary N) is 3. The third kappa shape index (κ3) is 4.46. The Morgan fingerprint density at radius 1 is 1.08 bits per heavy atom. The van der Waals surface area contributed by atoms with Crippen LogP contribution in [0.25, 0.3) is 5.69 Å². The molecule has 0 radical (unpaired) electrons. The number of hydrogen-bond donors (Lipinski definition) is 4. The molecular weight excluding hydrogens is 480 g/mol. The summed E-state index contributed by atoms with van der Waals surface area (Å²) in [7, 11) is 0. The highest BCUT2D eigenvalue weighted by molar-refractivity contribution is 6.08. The topological polar surface area (TPSA) is 129 Å². The van der Waals surface area contributed by atoms with Crippen molar-refractivity contribution in [3.05, 3.63) is 75.7 Å². The number of fused-ring (bicyclic) bond motifs is 1. The van der Waals surface area contributed by atoms with E-state index in [4.69, 9.17) is 11.1 Å². The predicted octanol–water partition coefficient (Wildman–Crippen LogP) is 2.97. The van der Waals surface area contributed by atoms with Crippen molar-refractivity contribution >= 4 is 29.2 Å². The number of para-hydroxylation sites is 1. The lowest BCUT2D eigenvalue weighted by molar-refractivity contribution is 0.102. The smallest absolute Gasteiger partial charge is 0.276 e. The van der Waals surface area contributed by atoms with Gasteiger partial charge < -0.3 is 26.7 Å². The molecule has 192 valence electrons. The number of nitrogens with zero attached hydrogens (tertiary/aromatic N) is 3. The quantitative estimate of drug-likeness (QED) is 0.364. The molecule has 9 nitrogen and oxygen atoms in total. The molecule has 0 unspecified atom stereocenters. The fourth-order valence-corrected chi connectivity index (χ4v) is 4.96. The summed E-state index contributed by atoms with van der Waals surface area (Å²) >= 11 is 0. The van der Waals surface area contributed by atoms with E-state index in [2.05, 4.69) is 20.6 Å². The second-order valence-corrected chi connectivity index (χ2v) is 9.67. The molecule has 1 saturated carbocycles. The van der Waals surface area contributed by atoms with Crippen molar-refractivity contribution < 1.29 is 13.6 Å². The Morgan fingerprint density at radius 3 is 2.35 bits per heavy atom. The fraction of sp³-hybridized carbons (Fsp3) is 0.308. The first-order valence-electron chi connectivity index (χ1n) is 12.0. The Kier molecular flexibility index (Phi) is 6.24. The molecule has 3 aromatic rings. The summed E-state index contributed by atoms with van der Waals surface area (Å²) in [6.07, 6.45) is 1.25. The molecule has 1 aliphatic heterocycles. The van der Waals surface area contributed by atoms with Crippen molar-refractivity contribution in [3.8, 4) is 5.69 Å². The number of aromatic nitrogens is 2. The van der Waals surface area contributed by atoms with E-state index in [-0.39, 0.29) is 17.8 Å². The summed E-state index contributed by atoms with van der Waals surface area (Å²) in [6, 6.07) is 9.21. The molecule has 1 aliphatic carbocycles. The van der Waals surface area contributed by atoms with Crippen LogP contribution in [0, 0.1) is 28.9 Å². The average Bonchev–Trinajstić information content (AvgIpc) is 3.24. The van der Waals surface area contributed by atoms with E-state index in [1.807, 2.05) is 13.8 Å². The molecule has 0 bridgehead atoms. The van der Waals surface area contributed by atoms with Crippen molar-refractivity contribution in [3.63, 3.8) is 0 Å². The molecule has 37 heavy (non-hydrogen) atoms. The van der Waals surface area contributed by atoms with Gasteiger partial charge in [-0.25, -0.2) is 8.78 Å². The molecule has 2 aromatic carbocycles. The van der Waals surface area contributed by atoms with Crippen LogP contribution in [0.4, 0.5) is 25.8 Å². The zero-order valence-electron chi connectivity index (χ0n) is 20.3. The molecule has 3 atom stereocenters. The van der Waals surface area contributed by atoms with Crippen LogP contribution in [0.2, 0.25) is 0 Å². The van der Waals surface area contributed by atoms with Gasteiger partial charge in [-0.15, -0.1) is 0 Å². The standard InChI is InChI=1S/C26H27F2N7O2/c1-13(2)31-19-6-7-20(24(14(19)10-29)34-11-15-16(12-34)23(15)30)32-26(37)21-8-9-22(36)35(33-21)25-17(27)4-3-5-18(25)28/h3-10,13,15-16,23,29,31H,11-12,30H2,1-2H3,(H,32,37)/t15-,16+,23+. The minimum absolute atomic E-state index is 0.122. The Bertz CT molecular complexity index is 1420. The van der Waals surface area contributed by atoms with Crippen LogP contribution < -0.4 is 26.8 Å². The highest BCUT2D eigenvalue weighted by Gasteiger charge is 2.54. The molecule has 1 aromatic heterocycles. The summed E-state index contributed by atoms with van der Waals surface area (Å²) in [4.78, 5) is 27.7. The number of nitrogens with two attached hydrogens (primary N) is 1. The van der Waals surface area contributed by atoms with Gasteiger partial charge in [0, 0.05) is 48.7 Å². The van der Waals surface area contributed by atoms with Crippen LogP contribution in [0.5, 0.6) is 0 Å². The number of amides is 1. The van der Waals surface area contributed by atoms with Gasteiger partial charge in [0.15, 0.2) is 11.6 Å². The SMILES string of the molecule is CC(C)Nc1ccc(NC(=O)c2ccc(=O)n(-c3c(F)cccc3F)n2)c(N2C[C@@H]3[C@@H](N)[C@@H]3C2)c1C=N. The van der Waals surface area contributed by atoms with Crippen LogP contribution in [-0.2, 0) is 0 Å². The van der Waals surface area contributed by atoms with Gasteiger partial charge in [0.25, 0.3) is 11.5 Å². The first kappa shape index (κ1) is 24.6. The first-order chi connectivity index (χ1) is 17.7. The number of piperidine rings is 1. The lowest BCUT2D eigenvalue weighted by atomic mass is 10.1. The Morgan fingerprint density at radius 2 is 1.73 bits per heavy atom. The van der Waals surface area contributed by atoms with E-state index in [1.165, 1.54) is 18.3 Å². The third-order valence-corrected chi connectivity index (χ3v) is 6.81. The molecule has 1 saturated heterocycles. The van der Waals surface area contributed by atoms with Gasteiger partial charge in [0.2, 0.25) is 0 Å². The van der Waals surface area contributed by atoms with Gasteiger partial charge in [0.1, 0.15) is 11.4 Å². The largest absolute Gasteiger partial charge is 0.382 e. The van der Waals surface area contributed by atoms with Gasteiger partial charge in [0.05, 0.1) is 11.4 Å². The van der Waals surface area contributed by atoms with Crippen LogP contribution in [0.1, 0.15) is 29.9 Å². The molecule has 5 rings (SSSR count). The summed E-state index contributed by atoms with van der Waals surface area (Å²) in [5, 5.41) is 18.2. The van der Waals surface area contributed by atoms with Gasteiger partial charge in [-0.3, -0.25) is 9.59 Å². The van der Waals surface area contributed by atoms with E-state index >= 15 is 0 Å². The van der Waals surface area contributed by atoms with Gasteiger partial charge in [-0.05, 0) is 56.0 Å². The Labute approximate surface area is 211 Å². The first-order valence-corrected chi connectivity index (χ1v) is 12.0. The highest BCUT2D eigenvalue weighted by atomic mass is 19.1. The second-order valence-electron chi connectivity index (χ2n) is 9.67. The van der Waals surface area contributed by atoms with Crippen LogP contribution in [0.3, 0.4) is 0 Å². The Balaban J connectivity index is 1.52. The summed E-state index contributed by atoms with van der Waals surface area (Å²) in [6.45, 7) is 5.39. The molecule has 2 aliphatic rings. The fourth-order valence-electron chi connectivity index (χ4n) is 4.96. The van der Waals surface area contributed by atoms with E-state index in [1.54, 1.807) is 12.1 Å². The summed E-state index contributed by atoms with van der Waals surface area (Å²) in [5.74, 6) is -1.91. The molecular formula is C26H27F2N7O2. The number of rotatable bonds is 7. The molecule has 1 amide bonds. The van der Waals surface area contributed by atoms with E-state index in [0.717, 1.165) is 23.9 Å². The number of carbonyl (C=O) groups excluding carboxylic acids is 1. The van der Waals surface area contributed by atoms with Crippen LogP contribution in [-0.4, -0.2) is 47.1 Å². The Hall–Kier alpha value is -4.12. The molecule has 0 spiro atoms. The lowest BCUT2D eigenvalue weighted by Crippen LogP contribution is -2.31. The molecule has 11 heteroatoms. The number of anilines is 3. The van der Waals surface area contributed by atoms with Crippen LogP contribution in [0.15, 0.2) is 47.3 Å². The zero-order chi connectivity index (χ0) is 26.4. The van der Waals surface area contributed by atoms with Crippen molar-refractivity contribution in [2.24, 2.45) is 17.6 Å². The van der Waals surface area contributed by atoms with E-state index < -0.39 is 28.8 Å². The second kappa shape index (κ2) is 9.40. The maximum Gasteiger partial charge on any atom is 0.276 e. The average molecular weight is 508 g/mol. The number of hydrogen-bond acceptors (Lipinski definition) is 7. The predicted molar refractivity (Wildman–Crippen MR) is 138 cm³/mol. The minimum Gasteiger partial charge on any atom is -0.382 e. The van der Waals surface area contributed by atoms with Crippen LogP contribution >= 0.6 is 0 Å². The summed E-state index contributed by atoms with van der Waals surface area (Å²) < 4.78 is 29.2. The maximum atomic E-state index is 14.3.